The minimum atomic E-state index is -1.36. The molecule has 154 valence electrons. The van der Waals surface area contributed by atoms with Gasteiger partial charge in [0.15, 0.2) is 6.04 Å². The summed E-state index contributed by atoms with van der Waals surface area (Å²) in [5.41, 5.74) is 0.734. The minimum Gasteiger partial charge on any atom is -0.480 e. The zero-order chi connectivity index (χ0) is 20.9. The van der Waals surface area contributed by atoms with Crippen molar-refractivity contribution < 1.29 is 38.9 Å². The van der Waals surface area contributed by atoms with E-state index < -0.39 is 42.6 Å². The van der Waals surface area contributed by atoms with Crippen LogP contribution in [-0.2, 0) is 30.5 Å². The first-order valence-corrected chi connectivity index (χ1v) is 8.64. The normalized spacial score (nSPS) is 12.4. The number of aliphatic carboxylic acids is 1. The van der Waals surface area contributed by atoms with E-state index >= 15 is 0 Å². The standard InChI is InChI=1S/C18H24N2O8/c1-2-27-17(25)14(10-21)19-15(22)9-8-13(16(23)24)20-18(26)28-11-12-6-4-3-5-7-12/h3-7,13-14,21H,2,8-11H2,1H3,(H,19,22)(H,20,26)(H,23,24). The molecule has 4 N–H and O–H groups in total. The van der Waals surface area contributed by atoms with Gasteiger partial charge in [-0.15, -0.1) is 0 Å². The Hall–Kier alpha value is -3.14. The van der Waals surface area contributed by atoms with Gasteiger partial charge in [-0.25, -0.2) is 14.4 Å². The van der Waals surface area contributed by atoms with Crippen LogP contribution in [-0.4, -0.2) is 59.4 Å². The number of carboxylic acid groups (broad SMARTS) is 1. The molecular weight excluding hydrogens is 372 g/mol. The summed E-state index contributed by atoms with van der Waals surface area (Å²) in [6.07, 6.45) is -1.47. The molecule has 0 saturated heterocycles. The maximum Gasteiger partial charge on any atom is 0.408 e. The average Bonchev–Trinajstić information content (AvgIpc) is 2.68. The Morgan fingerprint density at radius 3 is 2.29 bits per heavy atom. The van der Waals surface area contributed by atoms with Crippen molar-refractivity contribution in [3.05, 3.63) is 35.9 Å². The van der Waals surface area contributed by atoms with Crippen molar-refractivity contribution in [2.75, 3.05) is 13.2 Å². The molecule has 0 saturated carbocycles. The summed E-state index contributed by atoms with van der Waals surface area (Å²) in [6.45, 7) is 0.976. The highest BCUT2D eigenvalue weighted by Crippen LogP contribution is 2.03. The monoisotopic (exact) mass is 396 g/mol. The molecule has 1 aromatic rings. The van der Waals surface area contributed by atoms with Crippen LogP contribution in [0.5, 0.6) is 0 Å². The number of carbonyl (C=O) groups is 4. The Morgan fingerprint density at radius 1 is 1.04 bits per heavy atom. The summed E-state index contributed by atoms with van der Waals surface area (Å²) in [4.78, 5) is 46.5. The van der Waals surface area contributed by atoms with E-state index in [-0.39, 0.29) is 26.1 Å². The van der Waals surface area contributed by atoms with Crippen molar-refractivity contribution in [1.82, 2.24) is 10.6 Å². The van der Waals surface area contributed by atoms with Crippen molar-refractivity contribution in [3.63, 3.8) is 0 Å². The molecule has 0 aromatic heterocycles. The quantitative estimate of drug-likeness (QED) is 0.387. The number of esters is 1. The van der Waals surface area contributed by atoms with Crippen LogP contribution in [0.25, 0.3) is 0 Å². The molecule has 28 heavy (non-hydrogen) atoms. The van der Waals surface area contributed by atoms with Crippen LogP contribution in [0.2, 0.25) is 0 Å². The molecule has 2 amide bonds. The number of aliphatic hydroxyl groups is 1. The predicted octanol–water partition coefficient (Wildman–Crippen LogP) is 0.186. The fraction of sp³-hybridized carbons (Fsp3) is 0.444. The molecule has 0 radical (unpaired) electrons. The molecule has 0 aliphatic rings. The molecule has 0 spiro atoms. The molecule has 2 atom stereocenters. The molecule has 10 heteroatoms. The molecule has 1 aromatic carbocycles. The Morgan fingerprint density at radius 2 is 1.71 bits per heavy atom. The zero-order valence-corrected chi connectivity index (χ0v) is 15.4. The molecular formula is C18H24N2O8. The zero-order valence-electron chi connectivity index (χ0n) is 15.4. The maximum atomic E-state index is 11.9. The number of carbonyl (C=O) groups excluding carboxylic acids is 3. The number of carboxylic acids is 1. The molecule has 2 unspecified atom stereocenters. The highest BCUT2D eigenvalue weighted by Gasteiger charge is 2.24. The van der Waals surface area contributed by atoms with E-state index in [1.165, 1.54) is 0 Å². The first-order chi connectivity index (χ1) is 13.4. The van der Waals surface area contributed by atoms with E-state index in [0.29, 0.717) is 0 Å². The first kappa shape index (κ1) is 22.9. The van der Waals surface area contributed by atoms with Crippen molar-refractivity contribution in [1.29, 1.82) is 0 Å². The average molecular weight is 396 g/mol. The van der Waals surface area contributed by atoms with Gasteiger partial charge in [0.05, 0.1) is 13.2 Å². The Balaban J connectivity index is 2.46. The Kier molecular flexibility index (Phi) is 10.0. The lowest BCUT2D eigenvalue weighted by Gasteiger charge is -2.17. The topological polar surface area (TPSA) is 151 Å². The van der Waals surface area contributed by atoms with Gasteiger partial charge in [-0.3, -0.25) is 4.79 Å². The van der Waals surface area contributed by atoms with Gasteiger partial charge in [-0.05, 0) is 18.9 Å². The Bertz CT molecular complexity index is 665. The number of amides is 2. The van der Waals surface area contributed by atoms with Gasteiger partial charge in [-0.1, -0.05) is 30.3 Å². The number of aliphatic hydroxyl groups excluding tert-OH is 1. The smallest absolute Gasteiger partial charge is 0.408 e. The van der Waals surface area contributed by atoms with Crippen LogP contribution in [0.15, 0.2) is 30.3 Å². The van der Waals surface area contributed by atoms with E-state index in [2.05, 4.69) is 10.6 Å². The summed E-state index contributed by atoms with van der Waals surface area (Å²) in [5.74, 6) is -2.80. The number of hydrogen-bond acceptors (Lipinski definition) is 7. The third-order valence-electron chi connectivity index (χ3n) is 3.55. The van der Waals surface area contributed by atoms with Gasteiger partial charge in [0, 0.05) is 6.42 Å². The Labute approximate surface area is 161 Å². The van der Waals surface area contributed by atoms with Gasteiger partial charge >= 0.3 is 18.0 Å². The third kappa shape index (κ3) is 8.49. The third-order valence-corrected chi connectivity index (χ3v) is 3.55. The molecule has 0 heterocycles. The van der Waals surface area contributed by atoms with E-state index in [4.69, 9.17) is 14.6 Å². The summed E-state index contributed by atoms with van der Waals surface area (Å²) in [7, 11) is 0. The number of nitrogens with one attached hydrogen (secondary N) is 2. The highest BCUT2D eigenvalue weighted by molar-refractivity contribution is 5.85. The minimum absolute atomic E-state index is 0.0305. The molecule has 0 aliphatic carbocycles. The van der Waals surface area contributed by atoms with Crippen LogP contribution in [0.1, 0.15) is 25.3 Å². The lowest BCUT2D eigenvalue weighted by atomic mass is 10.1. The van der Waals surface area contributed by atoms with Gasteiger partial charge in [-0.2, -0.15) is 0 Å². The molecule has 1 rings (SSSR count). The van der Waals surface area contributed by atoms with E-state index in [1.807, 2.05) is 0 Å². The summed E-state index contributed by atoms with van der Waals surface area (Å²) in [6, 6.07) is 6.24. The number of benzene rings is 1. The second-order valence-corrected chi connectivity index (χ2v) is 5.69. The molecule has 0 fully saturated rings. The predicted molar refractivity (Wildman–Crippen MR) is 96.1 cm³/mol. The lowest BCUT2D eigenvalue weighted by Crippen LogP contribution is -2.46. The number of hydrogen-bond donors (Lipinski definition) is 4. The van der Waals surface area contributed by atoms with Crippen LogP contribution >= 0.6 is 0 Å². The van der Waals surface area contributed by atoms with Crippen LogP contribution in [0.4, 0.5) is 4.79 Å². The van der Waals surface area contributed by atoms with Gasteiger partial charge in [0.1, 0.15) is 12.6 Å². The van der Waals surface area contributed by atoms with Gasteiger partial charge < -0.3 is 30.3 Å². The van der Waals surface area contributed by atoms with Crippen molar-refractivity contribution in [2.24, 2.45) is 0 Å². The lowest BCUT2D eigenvalue weighted by molar-refractivity contribution is -0.148. The fourth-order valence-corrected chi connectivity index (χ4v) is 2.13. The summed E-state index contributed by atoms with van der Waals surface area (Å²) < 4.78 is 9.64. The summed E-state index contributed by atoms with van der Waals surface area (Å²) in [5, 5.41) is 22.7. The summed E-state index contributed by atoms with van der Waals surface area (Å²) >= 11 is 0. The maximum absolute atomic E-state index is 11.9. The fourth-order valence-electron chi connectivity index (χ4n) is 2.13. The second kappa shape index (κ2) is 12.3. The van der Waals surface area contributed by atoms with Crippen LogP contribution in [0.3, 0.4) is 0 Å². The number of rotatable bonds is 11. The van der Waals surface area contributed by atoms with E-state index in [1.54, 1.807) is 37.3 Å². The highest BCUT2D eigenvalue weighted by atomic mass is 16.5. The van der Waals surface area contributed by atoms with E-state index in [0.717, 1.165) is 5.56 Å². The van der Waals surface area contributed by atoms with Crippen LogP contribution < -0.4 is 10.6 Å². The van der Waals surface area contributed by atoms with Crippen LogP contribution in [0, 0.1) is 0 Å². The molecule has 10 nitrogen and oxygen atoms in total. The number of ether oxygens (including phenoxy) is 2. The SMILES string of the molecule is CCOC(=O)C(CO)NC(=O)CCC(NC(=O)OCc1ccccc1)C(=O)O. The first-order valence-electron chi connectivity index (χ1n) is 8.64. The van der Waals surface area contributed by atoms with Crippen molar-refractivity contribution in [2.45, 2.75) is 38.5 Å². The molecule has 0 bridgehead atoms. The molecule has 0 aliphatic heterocycles. The number of alkyl carbamates (subject to hydrolysis) is 1. The van der Waals surface area contributed by atoms with E-state index in [9.17, 15) is 24.3 Å². The van der Waals surface area contributed by atoms with Gasteiger partial charge in [0.25, 0.3) is 0 Å². The van der Waals surface area contributed by atoms with Crippen molar-refractivity contribution >= 4 is 23.9 Å². The second-order valence-electron chi connectivity index (χ2n) is 5.69. The largest absolute Gasteiger partial charge is 0.480 e. The van der Waals surface area contributed by atoms with Gasteiger partial charge in [0.2, 0.25) is 5.91 Å². The van der Waals surface area contributed by atoms with Crippen molar-refractivity contribution in [3.8, 4) is 0 Å².